The predicted molar refractivity (Wildman–Crippen MR) is 126 cm³/mol. The van der Waals surface area contributed by atoms with Gasteiger partial charge in [-0.1, -0.05) is 0 Å². The number of nitrogens with zero attached hydrogens (tertiary/aromatic N) is 4. The van der Waals surface area contributed by atoms with Crippen molar-refractivity contribution in [2.75, 3.05) is 64.0 Å². The molecule has 164 valence electrons. The van der Waals surface area contributed by atoms with Gasteiger partial charge in [0.1, 0.15) is 5.82 Å². The highest BCUT2D eigenvalue weighted by atomic mass is 127. The van der Waals surface area contributed by atoms with Gasteiger partial charge in [-0.2, -0.15) is 0 Å². The number of piperidine rings is 1. The van der Waals surface area contributed by atoms with Gasteiger partial charge in [0.25, 0.3) is 0 Å². The van der Waals surface area contributed by atoms with E-state index in [1.807, 2.05) is 12.1 Å². The zero-order chi connectivity index (χ0) is 20.1. The minimum Gasteiger partial charge on any atom is -0.368 e. The smallest absolute Gasteiger partial charge is 0.211 e. The van der Waals surface area contributed by atoms with Gasteiger partial charge in [-0.3, -0.25) is 4.99 Å². The van der Waals surface area contributed by atoms with Crippen LogP contribution < -0.4 is 10.2 Å². The van der Waals surface area contributed by atoms with E-state index < -0.39 is 10.0 Å². The Morgan fingerprint density at radius 1 is 1.10 bits per heavy atom. The molecule has 0 saturated carbocycles. The fourth-order valence-electron chi connectivity index (χ4n) is 3.84. The van der Waals surface area contributed by atoms with Gasteiger partial charge < -0.3 is 15.1 Å². The number of nitrogens with one attached hydrogen (secondary N) is 1. The lowest BCUT2D eigenvalue weighted by atomic mass is 9.98. The Morgan fingerprint density at radius 3 is 2.21 bits per heavy atom. The van der Waals surface area contributed by atoms with Gasteiger partial charge >= 0.3 is 0 Å². The molecule has 0 bridgehead atoms. The topological polar surface area (TPSA) is 68.2 Å². The number of hydrogen-bond donors (Lipinski definition) is 1. The molecule has 0 aliphatic carbocycles. The summed E-state index contributed by atoms with van der Waals surface area (Å²) < 4.78 is 37.9. The first-order valence-corrected chi connectivity index (χ1v) is 11.6. The Morgan fingerprint density at radius 2 is 1.69 bits per heavy atom. The van der Waals surface area contributed by atoms with Crippen LogP contribution in [0.25, 0.3) is 0 Å². The zero-order valence-electron chi connectivity index (χ0n) is 17.1. The Labute approximate surface area is 190 Å². The van der Waals surface area contributed by atoms with E-state index >= 15 is 0 Å². The lowest BCUT2D eigenvalue weighted by Crippen LogP contribution is -2.53. The average molecular weight is 539 g/mol. The maximum Gasteiger partial charge on any atom is 0.211 e. The molecule has 2 aliphatic heterocycles. The Balaban J connectivity index is 0.00000300. The molecule has 2 fully saturated rings. The molecule has 1 N–H and O–H groups in total. The van der Waals surface area contributed by atoms with Crippen LogP contribution in [0.3, 0.4) is 0 Å². The first-order chi connectivity index (χ1) is 13.4. The highest BCUT2D eigenvalue weighted by Gasteiger charge is 2.26. The number of hydrogen-bond acceptors (Lipinski definition) is 4. The molecule has 1 aromatic carbocycles. The van der Waals surface area contributed by atoms with Crippen LogP contribution in [-0.2, 0) is 10.0 Å². The normalized spacial score (nSPS) is 19.8. The Hall–Kier alpha value is -1.14. The minimum absolute atomic E-state index is 0. The highest BCUT2D eigenvalue weighted by molar-refractivity contribution is 14.0. The van der Waals surface area contributed by atoms with Crippen LogP contribution in [0.5, 0.6) is 0 Å². The summed E-state index contributed by atoms with van der Waals surface area (Å²) in [5.41, 5.74) is 1.04. The van der Waals surface area contributed by atoms with Crippen molar-refractivity contribution in [2.45, 2.75) is 12.8 Å². The third-order valence-corrected chi connectivity index (χ3v) is 6.88. The molecule has 1 aromatic rings. The Kier molecular flexibility index (Phi) is 8.95. The van der Waals surface area contributed by atoms with Gasteiger partial charge in [-0.05, 0) is 43.0 Å². The number of rotatable bonds is 4. The van der Waals surface area contributed by atoms with Crippen LogP contribution in [0.15, 0.2) is 29.3 Å². The van der Waals surface area contributed by atoms with Crippen LogP contribution >= 0.6 is 24.0 Å². The van der Waals surface area contributed by atoms with E-state index in [2.05, 4.69) is 20.1 Å². The van der Waals surface area contributed by atoms with Gasteiger partial charge in [-0.15, -0.1) is 24.0 Å². The molecular formula is C19H31FIN5O2S. The second kappa shape index (κ2) is 10.8. The fourth-order valence-corrected chi connectivity index (χ4v) is 4.72. The van der Waals surface area contributed by atoms with Crippen molar-refractivity contribution in [2.24, 2.45) is 10.9 Å². The summed E-state index contributed by atoms with van der Waals surface area (Å²) in [6, 6.07) is 6.64. The summed E-state index contributed by atoms with van der Waals surface area (Å²) in [5.74, 6) is 1.13. The second-order valence-corrected chi connectivity index (χ2v) is 9.47. The largest absolute Gasteiger partial charge is 0.368 e. The average Bonchev–Trinajstić information content (AvgIpc) is 2.69. The first kappa shape index (κ1) is 24.1. The monoisotopic (exact) mass is 539 g/mol. The highest BCUT2D eigenvalue weighted by Crippen LogP contribution is 2.19. The molecule has 29 heavy (non-hydrogen) atoms. The van der Waals surface area contributed by atoms with Crippen LogP contribution in [0, 0.1) is 11.7 Å². The maximum absolute atomic E-state index is 13.1. The van der Waals surface area contributed by atoms with E-state index in [9.17, 15) is 12.8 Å². The third-order valence-electron chi connectivity index (χ3n) is 5.57. The lowest BCUT2D eigenvalue weighted by Gasteiger charge is -2.38. The molecule has 7 nitrogen and oxygen atoms in total. The number of aliphatic imine (C=N–C) groups is 1. The van der Waals surface area contributed by atoms with Crippen molar-refractivity contribution in [3.05, 3.63) is 30.1 Å². The summed E-state index contributed by atoms with van der Waals surface area (Å²) in [5, 5.41) is 3.46. The van der Waals surface area contributed by atoms with Crippen molar-refractivity contribution in [3.63, 3.8) is 0 Å². The molecule has 0 spiro atoms. The number of sulfonamides is 1. The lowest BCUT2D eigenvalue weighted by molar-refractivity contribution is 0.271. The number of anilines is 1. The van der Waals surface area contributed by atoms with Crippen molar-refractivity contribution in [1.29, 1.82) is 0 Å². The molecule has 0 atom stereocenters. The quantitative estimate of drug-likeness (QED) is 0.359. The van der Waals surface area contributed by atoms with Crippen LogP contribution in [0.4, 0.5) is 10.1 Å². The van der Waals surface area contributed by atoms with Gasteiger partial charge in [0.2, 0.25) is 10.0 Å². The number of guanidine groups is 1. The molecule has 2 heterocycles. The maximum atomic E-state index is 13.1. The van der Waals surface area contributed by atoms with Crippen LogP contribution in [0.1, 0.15) is 12.8 Å². The van der Waals surface area contributed by atoms with Crippen molar-refractivity contribution in [1.82, 2.24) is 14.5 Å². The van der Waals surface area contributed by atoms with E-state index in [-0.39, 0.29) is 29.8 Å². The van der Waals surface area contributed by atoms with E-state index in [4.69, 9.17) is 0 Å². The third kappa shape index (κ3) is 6.68. The Bertz CT molecular complexity index is 774. The SMILES string of the molecule is CN=C(NCC1CCN(S(C)(=O)=O)CC1)N1CCN(c2ccc(F)cc2)CC1.I. The first-order valence-electron chi connectivity index (χ1n) is 9.78. The van der Waals surface area contributed by atoms with Crippen molar-refractivity contribution < 1.29 is 12.8 Å². The molecular weight excluding hydrogens is 508 g/mol. The van der Waals surface area contributed by atoms with Gasteiger partial charge in [0.15, 0.2) is 5.96 Å². The van der Waals surface area contributed by atoms with E-state index in [1.165, 1.54) is 18.4 Å². The number of halogens is 2. The molecule has 0 radical (unpaired) electrons. The van der Waals surface area contributed by atoms with Crippen molar-refractivity contribution >= 4 is 45.6 Å². The summed E-state index contributed by atoms with van der Waals surface area (Å²) in [7, 11) is -1.28. The van der Waals surface area contributed by atoms with Gasteiger partial charge in [0, 0.05) is 58.5 Å². The zero-order valence-corrected chi connectivity index (χ0v) is 20.2. The number of piperazine rings is 1. The molecule has 2 saturated heterocycles. The van der Waals surface area contributed by atoms with Crippen molar-refractivity contribution in [3.8, 4) is 0 Å². The minimum atomic E-state index is -3.08. The number of benzene rings is 1. The molecule has 0 unspecified atom stereocenters. The predicted octanol–water partition coefficient (Wildman–Crippen LogP) is 1.81. The van der Waals surface area contributed by atoms with E-state index in [1.54, 1.807) is 11.4 Å². The molecule has 0 amide bonds. The van der Waals surface area contributed by atoms with Gasteiger partial charge in [0.05, 0.1) is 6.26 Å². The fraction of sp³-hybridized carbons (Fsp3) is 0.632. The molecule has 3 rings (SSSR count). The second-order valence-electron chi connectivity index (χ2n) is 7.48. The molecule has 10 heteroatoms. The van der Waals surface area contributed by atoms with E-state index in [0.29, 0.717) is 19.0 Å². The molecule has 2 aliphatic rings. The van der Waals surface area contributed by atoms with E-state index in [0.717, 1.165) is 57.2 Å². The summed E-state index contributed by atoms with van der Waals surface area (Å²) >= 11 is 0. The standard InChI is InChI=1S/C19H30FN5O2S.HI/c1-21-19(22-15-16-7-9-25(10-8-16)28(2,26)27)24-13-11-23(12-14-24)18-5-3-17(20)4-6-18;/h3-6,16H,7-15H2,1-2H3,(H,21,22);1H. The van der Waals surface area contributed by atoms with Gasteiger partial charge in [-0.25, -0.2) is 17.1 Å². The summed E-state index contributed by atoms with van der Waals surface area (Å²) in [6.45, 7) is 5.42. The van der Waals surface area contributed by atoms with Crippen LogP contribution in [-0.4, -0.2) is 82.7 Å². The summed E-state index contributed by atoms with van der Waals surface area (Å²) in [4.78, 5) is 8.91. The van der Waals surface area contributed by atoms with Crippen LogP contribution in [0.2, 0.25) is 0 Å². The molecule has 0 aromatic heterocycles. The summed E-state index contributed by atoms with van der Waals surface area (Å²) in [6.07, 6.45) is 3.02.